The van der Waals surface area contributed by atoms with Crippen LogP contribution in [-0.2, 0) is 4.79 Å². The molecule has 0 bridgehead atoms. The summed E-state index contributed by atoms with van der Waals surface area (Å²) in [5.74, 6) is 0.565. The number of aromatic nitrogens is 1. The molecule has 2 heterocycles. The van der Waals surface area contributed by atoms with E-state index >= 15 is 0 Å². The van der Waals surface area contributed by atoms with Crippen LogP contribution in [0.3, 0.4) is 0 Å². The zero-order valence-electron chi connectivity index (χ0n) is 15.4. The Kier molecular flexibility index (Phi) is 5.39. The van der Waals surface area contributed by atoms with E-state index in [1.807, 2.05) is 53.4 Å². The molecule has 2 fully saturated rings. The number of pyridine rings is 1. The molecule has 0 radical (unpaired) electrons. The van der Waals surface area contributed by atoms with Gasteiger partial charge >= 0.3 is 0 Å². The van der Waals surface area contributed by atoms with Crippen LogP contribution in [0.1, 0.15) is 38.2 Å². The van der Waals surface area contributed by atoms with Crippen molar-refractivity contribution in [3.8, 4) is 0 Å². The maximum Gasteiger partial charge on any atom is 0.267 e. The first-order valence-corrected chi connectivity index (χ1v) is 10.3. The van der Waals surface area contributed by atoms with Crippen molar-refractivity contribution < 1.29 is 4.79 Å². The lowest BCUT2D eigenvalue weighted by Gasteiger charge is -2.35. The van der Waals surface area contributed by atoms with Crippen molar-refractivity contribution in [3.63, 3.8) is 0 Å². The Morgan fingerprint density at radius 2 is 1.85 bits per heavy atom. The highest BCUT2D eigenvalue weighted by molar-refractivity contribution is 8.18. The predicted octanol–water partition coefficient (Wildman–Crippen LogP) is 5.26. The van der Waals surface area contributed by atoms with E-state index in [0.29, 0.717) is 5.92 Å². The second-order valence-corrected chi connectivity index (χ2v) is 8.13. The highest BCUT2D eigenvalue weighted by atomic mass is 32.2. The van der Waals surface area contributed by atoms with E-state index in [1.54, 1.807) is 12.4 Å². The number of nitrogens with zero attached hydrogens (tertiary/aromatic N) is 3. The Morgan fingerprint density at radius 3 is 2.59 bits per heavy atom. The highest BCUT2D eigenvalue weighted by Gasteiger charge is 2.40. The number of benzene rings is 1. The van der Waals surface area contributed by atoms with Gasteiger partial charge in [0.05, 0.1) is 10.6 Å². The second-order valence-electron chi connectivity index (χ2n) is 7.13. The van der Waals surface area contributed by atoms with Gasteiger partial charge in [-0.3, -0.25) is 14.7 Å². The van der Waals surface area contributed by atoms with Crippen LogP contribution in [0.15, 0.2) is 64.8 Å². The summed E-state index contributed by atoms with van der Waals surface area (Å²) in [6.07, 6.45) is 10.1. The molecule has 2 aromatic rings. The fourth-order valence-corrected chi connectivity index (χ4v) is 4.81. The summed E-state index contributed by atoms with van der Waals surface area (Å²) in [5.41, 5.74) is 1.87. The highest BCUT2D eigenvalue weighted by Crippen LogP contribution is 2.40. The number of aliphatic imine (C=N–C) groups is 1. The summed E-state index contributed by atoms with van der Waals surface area (Å²) in [7, 11) is 0. The number of rotatable bonds is 3. The van der Waals surface area contributed by atoms with Crippen LogP contribution in [0.5, 0.6) is 0 Å². The molecule has 0 unspecified atom stereocenters. The molecule has 1 aliphatic heterocycles. The van der Waals surface area contributed by atoms with Gasteiger partial charge in [-0.2, -0.15) is 0 Å². The number of amides is 1. The summed E-state index contributed by atoms with van der Waals surface area (Å²) in [5, 5.41) is 0.797. The quantitative estimate of drug-likeness (QED) is 0.685. The lowest BCUT2D eigenvalue weighted by Crippen LogP contribution is -2.44. The lowest BCUT2D eigenvalue weighted by atomic mass is 9.85. The predicted molar refractivity (Wildman–Crippen MR) is 112 cm³/mol. The van der Waals surface area contributed by atoms with E-state index in [2.05, 4.69) is 11.9 Å². The van der Waals surface area contributed by atoms with E-state index in [9.17, 15) is 4.79 Å². The summed E-state index contributed by atoms with van der Waals surface area (Å²) in [6.45, 7) is 2.26. The number of carbonyl (C=O) groups is 1. The van der Waals surface area contributed by atoms with Crippen LogP contribution < -0.4 is 0 Å². The molecule has 2 aliphatic rings. The average molecular weight is 378 g/mol. The minimum Gasteiger partial charge on any atom is -0.283 e. The minimum absolute atomic E-state index is 0.0743. The van der Waals surface area contributed by atoms with Crippen molar-refractivity contribution >= 4 is 34.6 Å². The van der Waals surface area contributed by atoms with E-state index in [-0.39, 0.29) is 11.9 Å². The Hall–Kier alpha value is -2.40. The zero-order valence-corrected chi connectivity index (χ0v) is 16.2. The van der Waals surface area contributed by atoms with Crippen molar-refractivity contribution in [3.05, 3.63) is 65.3 Å². The van der Waals surface area contributed by atoms with E-state index in [4.69, 9.17) is 4.99 Å². The molecule has 4 nitrogen and oxygen atoms in total. The third-order valence-corrected chi connectivity index (χ3v) is 6.20. The number of carbonyl (C=O) groups excluding carboxylic acids is 1. The van der Waals surface area contributed by atoms with Crippen molar-refractivity contribution in [1.82, 2.24) is 9.88 Å². The molecule has 1 saturated heterocycles. The largest absolute Gasteiger partial charge is 0.283 e. The Balaban J connectivity index is 1.71. The van der Waals surface area contributed by atoms with Gasteiger partial charge in [0.2, 0.25) is 0 Å². The first-order chi connectivity index (χ1) is 13.2. The fourth-order valence-electron chi connectivity index (χ4n) is 3.76. The molecule has 4 rings (SSSR count). The third-order valence-electron chi connectivity index (χ3n) is 5.22. The van der Waals surface area contributed by atoms with Crippen LogP contribution in [0, 0.1) is 5.92 Å². The van der Waals surface area contributed by atoms with Gasteiger partial charge in [0, 0.05) is 18.4 Å². The summed E-state index contributed by atoms with van der Waals surface area (Å²) < 4.78 is 0. The van der Waals surface area contributed by atoms with E-state index in [0.717, 1.165) is 27.7 Å². The van der Waals surface area contributed by atoms with Crippen LogP contribution >= 0.6 is 11.8 Å². The number of amidine groups is 1. The summed E-state index contributed by atoms with van der Waals surface area (Å²) in [6, 6.07) is 13.9. The average Bonchev–Trinajstić information content (AvgIpc) is 2.99. The Bertz CT molecular complexity index is 864. The minimum atomic E-state index is 0.0743. The molecule has 27 heavy (non-hydrogen) atoms. The van der Waals surface area contributed by atoms with E-state index in [1.165, 1.54) is 31.0 Å². The Morgan fingerprint density at radius 1 is 1.11 bits per heavy atom. The van der Waals surface area contributed by atoms with Gasteiger partial charge in [-0.15, -0.1) is 0 Å². The lowest BCUT2D eigenvalue weighted by molar-refractivity contribution is -0.124. The van der Waals surface area contributed by atoms with E-state index < -0.39 is 0 Å². The standard InChI is InChI=1S/C22H23N3OS/c1-16-7-5-6-10-19(16)25-21(26)20(15-17-11-13-23-14-12-17)27-22(25)24-18-8-3-2-4-9-18/h2-4,8-9,11-16,19H,5-7,10H2,1H3/b20-15-,24-22?/t16-,19-/m1/s1. The molecule has 5 heteroatoms. The number of para-hydroxylation sites is 1. The zero-order chi connectivity index (χ0) is 18.6. The molecule has 0 N–H and O–H groups in total. The monoisotopic (exact) mass is 377 g/mol. The van der Waals surface area contributed by atoms with Gasteiger partial charge in [-0.05, 0) is 66.4 Å². The van der Waals surface area contributed by atoms with Gasteiger partial charge in [0.1, 0.15) is 0 Å². The number of hydrogen-bond donors (Lipinski definition) is 0. The van der Waals surface area contributed by atoms with Crippen molar-refractivity contribution in [2.45, 2.75) is 38.6 Å². The molecule has 2 atom stereocenters. The van der Waals surface area contributed by atoms with Crippen molar-refractivity contribution in [2.75, 3.05) is 0 Å². The first-order valence-electron chi connectivity index (χ1n) is 9.49. The Labute approximate surface area is 164 Å². The van der Waals surface area contributed by atoms with Gasteiger partial charge < -0.3 is 0 Å². The SMILES string of the molecule is C[C@@H]1CCCC[C@H]1N1C(=O)/C(=C/c2ccncc2)SC1=Nc1ccccc1. The molecular weight excluding hydrogens is 354 g/mol. The second kappa shape index (κ2) is 8.09. The molecule has 1 aromatic carbocycles. The maximum atomic E-state index is 13.3. The first kappa shape index (κ1) is 18.0. The topological polar surface area (TPSA) is 45.6 Å². The molecule has 1 saturated carbocycles. The van der Waals surface area contributed by atoms with Gasteiger partial charge in [-0.25, -0.2) is 4.99 Å². The summed E-state index contributed by atoms with van der Waals surface area (Å²) in [4.78, 5) is 24.9. The smallest absolute Gasteiger partial charge is 0.267 e. The van der Waals surface area contributed by atoms with Crippen molar-refractivity contribution in [2.24, 2.45) is 10.9 Å². The van der Waals surface area contributed by atoms with Crippen molar-refractivity contribution in [1.29, 1.82) is 0 Å². The molecule has 0 spiro atoms. The fraction of sp³-hybridized carbons (Fsp3) is 0.318. The van der Waals surface area contributed by atoms with Crippen LogP contribution in [-0.4, -0.2) is 27.0 Å². The number of thioether (sulfide) groups is 1. The molecule has 1 amide bonds. The summed E-state index contributed by atoms with van der Waals surface area (Å²) >= 11 is 1.48. The van der Waals surface area contributed by atoms with Crippen LogP contribution in [0.25, 0.3) is 6.08 Å². The number of hydrogen-bond acceptors (Lipinski definition) is 4. The molecule has 1 aliphatic carbocycles. The van der Waals surface area contributed by atoms with Gasteiger partial charge in [-0.1, -0.05) is 38.0 Å². The maximum absolute atomic E-state index is 13.3. The molecule has 138 valence electrons. The molecular formula is C22H23N3OS. The normalized spacial score (nSPS) is 26.1. The molecule has 1 aromatic heterocycles. The van der Waals surface area contributed by atoms with Crippen LogP contribution in [0.2, 0.25) is 0 Å². The van der Waals surface area contributed by atoms with Gasteiger partial charge in [0.25, 0.3) is 5.91 Å². The third kappa shape index (κ3) is 3.98. The van der Waals surface area contributed by atoms with Crippen LogP contribution in [0.4, 0.5) is 5.69 Å². The van der Waals surface area contributed by atoms with Gasteiger partial charge in [0.15, 0.2) is 5.17 Å².